The van der Waals surface area contributed by atoms with Gasteiger partial charge in [-0.1, -0.05) is 12.1 Å². The van der Waals surface area contributed by atoms with Crippen LogP contribution in [-0.2, 0) is 4.74 Å². The molecule has 3 aromatic rings. The number of benzene rings is 2. The summed E-state index contributed by atoms with van der Waals surface area (Å²) in [6, 6.07) is 15.1. The van der Waals surface area contributed by atoms with E-state index in [1.807, 2.05) is 0 Å². The number of hydrogen-bond acceptors (Lipinski definition) is 5. The van der Waals surface area contributed by atoms with Crippen LogP contribution in [0.5, 0.6) is 0 Å². The summed E-state index contributed by atoms with van der Waals surface area (Å²) < 4.78 is 17.6. The molecule has 0 saturated heterocycles. The summed E-state index contributed by atoms with van der Waals surface area (Å²) in [5, 5.41) is 0. The third-order valence-electron chi connectivity index (χ3n) is 3.82. The van der Waals surface area contributed by atoms with E-state index < -0.39 is 17.8 Å². The number of carbonyl (C=O) groups excluding carboxylic acids is 3. The average Bonchev–Trinajstić information content (AvgIpc) is 3.22. The Morgan fingerprint density at radius 3 is 2.07 bits per heavy atom. The number of carbonyl (C=O) groups is 3. The fourth-order valence-corrected chi connectivity index (χ4v) is 3.26. The highest BCUT2D eigenvalue weighted by atomic mass is 32.1. The molecule has 8 heteroatoms. The maximum Gasteiger partial charge on any atom is 0.337 e. The van der Waals surface area contributed by atoms with E-state index in [1.54, 1.807) is 24.3 Å². The van der Waals surface area contributed by atoms with Gasteiger partial charge in [0.05, 0.1) is 17.6 Å². The summed E-state index contributed by atoms with van der Waals surface area (Å²) >= 11 is 1.22. The van der Waals surface area contributed by atoms with Crippen LogP contribution in [-0.4, -0.2) is 24.9 Å². The van der Waals surface area contributed by atoms with E-state index in [0.717, 1.165) is 10.4 Å². The molecule has 28 heavy (non-hydrogen) atoms. The van der Waals surface area contributed by atoms with Gasteiger partial charge in [-0.15, -0.1) is 11.3 Å². The van der Waals surface area contributed by atoms with Crippen LogP contribution in [0, 0.1) is 5.82 Å². The molecule has 3 rings (SSSR count). The Morgan fingerprint density at radius 1 is 0.821 bits per heavy atom. The van der Waals surface area contributed by atoms with Crippen molar-refractivity contribution in [2.75, 3.05) is 7.11 Å². The highest BCUT2D eigenvalue weighted by Crippen LogP contribution is 2.28. The molecule has 142 valence electrons. The van der Waals surface area contributed by atoms with Crippen molar-refractivity contribution >= 4 is 29.1 Å². The molecule has 2 N–H and O–H groups in total. The topological polar surface area (TPSA) is 84.5 Å². The molecule has 0 spiro atoms. The van der Waals surface area contributed by atoms with Crippen molar-refractivity contribution in [2.24, 2.45) is 0 Å². The second-order valence-corrected chi connectivity index (χ2v) is 6.73. The summed E-state index contributed by atoms with van der Waals surface area (Å²) in [5.74, 6) is -1.84. The fraction of sp³-hybridized carbons (Fsp3) is 0.0500. The number of thiophene rings is 1. The first-order valence-electron chi connectivity index (χ1n) is 8.13. The number of hydrazine groups is 1. The molecular weight excluding hydrogens is 383 g/mol. The lowest BCUT2D eigenvalue weighted by Crippen LogP contribution is -2.41. The van der Waals surface area contributed by atoms with Gasteiger partial charge >= 0.3 is 5.97 Å². The predicted molar refractivity (Wildman–Crippen MR) is 102 cm³/mol. The van der Waals surface area contributed by atoms with E-state index in [0.29, 0.717) is 10.4 Å². The molecule has 2 aromatic carbocycles. The quantitative estimate of drug-likeness (QED) is 0.521. The van der Waals surface area contributed by atoms with Crippen LogP contribution in [0.4, 0.5) is 4.39 Å². The standard InChI is InChI=1S/C20H15FN2O4S/c1-27-20(26)14-4-2-13(3-5-14)18(24)22-23-19(25)17-11-10-16(28-17)12-6-8-15(21)9-7-12/h2-11H,1H3,(H,22,24)(H,23,25). The summed E-state index contributed by atoms with van der Waals surface area (Å²) in [4.78, 5) is 36.9. The van der Waals surface area contributed by atoms with Crippen molar-refractivity contribution in [2.45, 2.75) is 0 Å². The Hall–Kier alpha value is -3.52. The Kier molecular flexibility index (Phi) is 5.81. The van der Waals surface area contributed by atoms with E-state index in [9.17, 15) is 18.8 Å². The Balaban J connectivity index is 1.60. The maximum absolute atomic E-state index is 13.0. The largest absolute Gasteiger partial charge is 0.465 e. The van der Waals surface area contributed by atoms with E-state index >= 15 is 0 Å². The number of hydrogen-bond donors (Lipinski definition) is 2. The number of rotatable bonds is 4. The monoisotopic (exact) mass is 398 g/mol. The zero-order valence-electron chi connectivity index (χ0n) is 14.7. The summed E-state index contributed by atoms with van der Waals surface area (Å²) in [7, 11) is 1.27. The normalized spacial score (nSPS) is 10.2. The van der Waals surface area contributed by atoms with Crippen LogP contribution in [0.15, 0.2) is 60.7 Å². The van der Waals surface area contributed by atoms with Gasteiger partial charge in [0, 0.05) is 10.4 Å². The van der Waals surface area contributed by atoms with Crippen LogP contribution in [0.3, 0.4) is 0 Å². The molecule has 0 unspecified atom stereocenters. The molecule has 0 aliphatic heterocycles. The summed E-state index contributed by atoms with van der Waals surface area (Å²) in [6.07, 6.45) is 0. The molecule has 0 radical (unpaired) electrons. The van der Waals surface area contributed by atoms with Crippen LogP contribution in [0.2, 0.25) is 0 Å². The number of nitrogens with one attached hydrogen (secondary N) is 2. The average molecular weight is 398 g/mol. The van der Waals surface area contributed by atoms with E-state index in [2.05, 4.69) is 15.6 Å². The first kappa shape index (κ1) is 19.2. The minimum Gasteiger partial charge on any atom is -0.465 e. The first-order valence-corrected chi connectivity index (χ1v) is 8.94. The molecule has 1 heterocycles. The minimum absolute atomic E-state index is 0.270. The lowest BCUT2D eigenvalue weighted by atomic mass is 10.1. The number of ether oxygens (including phenoxy) is 1. The van der Waals surface area contributed by atoms with Gasteiger partial charge in [-0.05, 0) is 54.1 Å². The first-order chi connectivity index (χ1) is 13.5. The fourth-order valence-electron chi connectivity index (χ4n) is 2.35. The van der Waals surface area contributed by atoms with Crippen molar-refractivity contribution in [1.82, 2.24) is 10.9 Å². The number of amides is 2. The van der Waals surface area contributed by atoms with Gasteiger partial charge in [-0.3, -0.25) is 20.4 Å². The van der Waals surface area contributed by atoms with Gasteiger partial charge in [0.2, 0.25) is 0 Å². The van der Waals surface area contributed by atoms with E-state index in [4.69, 9.17) is 0 Å². The third kappa shape index (κ3) is 4.41. The van der Waals surface area contributed by atoms with Gasteiger partial charge in [-0.2, -0.15) is 0 Å². The predicted octanol–water partition coefficient (Wildman–Crippen LogP) is 3.42. The van der Waals surface area contributed by atoms with Crippen molar-refractivity contribution < 1.29 is 23.5 Å². The molecule has 0 fully saturated rings. The van der Waals surface area contributed by atoms with Crippen LogP contribution in [0.25, 0.3) is 10.4 Å². The second kappa shape index (κ2) is 8.45. The molecular formula is C20H15FN2O4S. The van der Waals surface area contributed by atoms with Crippen molar-refractivity contribution in [1.29, 1.82) is 0 Å². The smallest absolute Gasteiger partial charge is 0.337 e. The Labute approximate surface area is 163 Å². The van der Waals surface area contributed by atoms with Crippen molar-refractivity contribution in [3.8, 4) is 10.4 Å². The molecule has 0 atom stereocenters. The molecule has 2 amide bonds. The number of halogens is 1. The zero-order chi connectivity index (χ0) is 20.1. The van der Waals surface area contributed by atoms with Gasteiger partial charge in [0.1, 0.15) is 5.82 Å². The summed E-state index contributed by atoms with van der Waals surface area (Å²) in [6.45, 7) is 0. The lowest BCUT2D eigenvalue weighted by Gasteiger charge is -2.07. The molecule has 6 nitrogen and oxygen atoms in total. The highest BCUT2D eigenvalue weighted by molar-refractivity contribution is 7.17. The van der Waals surface area contributed by atoms with Gasteiger partial charge in [-0.25, -0.2) is 9.18 Å². The van der Waals surface area contributed by atoms with Gasteiger partial charge < -0.3 is 4.74 Å². The van der Waals surface area contributed by atoms with Crippen LogP contribution < -0.4 is 10.9 Å². The van der Waals surface area contributed by atoms with Crippen LogP contribution >= 0.6 is 11.3 Å². The van der Waals surface area contributed by atoms with Crippen LogP contribution in [0.1, 0.15) is 30.4 Å². The van der Waals surface area contributed by atoms with Gasteiger partial charge in [0.15, 0.2) is 0 Å². The number of esters is 1. The molecule has 0 saturated carbocycles. The maximum atomic E-state index is 13.0. The Morgan fingerprint density at radius 2 is 1.43 bits per heavy atom. The highest BCUT2D eigenvalue weighted by Gasteiger charge is 2.13. The SMILES string of the molecule is COC(=O)c1ccc(C(=O)NNC(=O)c2ccc(-c3ccc(F)cc3)s2)cc1. The second-order valence-electron chi connectivity index (χ2n) is 5.65. The zero-order valence-corrected chi connectivity index (χ0v) is 15.5. The molecule has 1 aromatic heterocycles. The minimum atomic E-state index is -0.528. The van der Waals surface area contributed by atoms with E-state index in [1.165, 1.54) is 54.8 Å². The molecule has 0 bridgehead atoms. The van der Waals surface area contributed by atoms with E-state index in [-0.39, 0.29) is 11.4 Å². The van der Waals surface area contributed by atoms with Gasteiger partial charge in [0.25, 0.3) is 11.8 Å². The third-order valence-corrected chi connectivity index (χ3v) is 4.95. The van der Waals surface area contributed by atoms with Crippen molar-refractivity contribution in [3.05, 3.63) is 82.5 Å². The molecule has 0 aliphatic carbocycles. The lowest BCUT2D eigenvalue weighted by molar-refractivity contribution is 0.0600. The number of methoxy groups -OCH3 is 1. The van der Waals surface area contributed by atoms with Crippen molar-refractivity contribution in [3.63, 3.8) is 0 Å². The Bertz CT molecular complexity index is 1010. The molecule has 0 aliphatic rings. The summed E-state index contributed by atoms with van der Waals surface area (Å²) in [5.41, 5.74) is 6.03.